The number of nitriles is 2. The number of hydrogen-bond acceptors (Lipinski definition) is 9. The fourth-order valence-corrected chi connectivity index (χ4v) is 5.03. The van der Waals surface area contributed by atoms with Gasteiger partial charge in [0.15, 0.2) is 13.2 Å². The average Bonchev–Trinajstić information content (AvgIpc) is 3.01. The summed E-state index contributed by atoms with van der Waals surface area (Å²) < 4.78 is 97.3. The summed E-state index contributed by atoms with van der Waals surface area (Å²) in [4.78, 5) is 22.0. The van der Waals surface area contributed by atoms with Gasteiger partial charge in [-0.1, -0.05) is 35.3 Å². The molecule has 0 aromatic heterocycles. The van der Waals surface area contributed by atoms with E-state index in [0.29, 0.717) is 24.3 Å². The Hall–Kier alpha value is -5.78. The zero-order valence-corrected chi connectivity index (χ0v) is 25.4. The average molecular weight is 727 g/mol. The highest BCUT2D eigenvalue weighted by Gasteiger charge is 2.35. The molecule has 0 N–H and O–H groups in total. The molecular weight excluding hydrogens is 713 g/mol. The van der Waals surface area contributed by atoms with E-state index in [1.807, 2.05) is 0 Å². The second-order valence-electron chi connectivity index (χ2n) is 9.47. The molecule has 0 fully saturated rings. The van der Waals surface area contributed by atoms with Gasteiger partial charge in [-0.05, 0) is 36.4 Å². The van der Waals surface area contributed by atoms with Crippen molar-refractivity contribution in [1.29, 1.82) is 10.5 Å². The Bertz CT molecular complexity index is 1920. The summed E-state index contributed by atoms with van der Waals surface area (Å²) in [6.45, 7) is -1.60. The maximum absolute atomic E-state index is 13.4. The topological polar surface area (TPSA) is 162 Å². The van der Waals surface area contributed by atoms with Crippen molar-refractivity contribution >= 4 is 34.6 Å². The van der Waals surface area contributed by atoms with Crippen molar-refractivity contribution in [2.75, 3.05) is 13.2 Å². The van der Waals surface area contributed by atoms with Gasteiger partial charge in [-0.25, -0.2) is 0 Å². The van der Waals surface area contributed by atoms with E-state index in [9.17, 15) is 46.6 Å². The molecule has 4 aromatic rings. The molecule has 252 valence electrons. The van der Waals surface area contributed by atoms with Gasteiger partial charge in [0.05, 0.1) is 32.1 Å². The summed E-state index contributed by atoms with van der Waals surface area (Å²) in [7, 11) is 0. The van der Waals surface area contributed by atoms with Crippen molar-refractivity contribution in [3.8, 4) is 57.4 Å². The minimum absolute atomic E-state index is 0.321. The van der Waals surface area contributed by atoms with Crippen LogP contribution < -0.4 is 14.2 Å². The number of nitro benzene ring substituents is 2. The Morgan fingerprint density at radius 1 is 0.653 bits per heavy atom. The third-order valence-electron chi connectivity index (χ3n) is 6.50. The molecule has 0 radical (unpaired) electrons. The highest BCUT2D eigenvalue weighted by Crippen LogP contribution is 2.53. The first-order chi connectivity index (χ1) is 23.0. The molecule has 0 amide bonds. The number of nitrogens with zero attached hydrogens (tertiary/aromatic N) is 4. The summed E-state index contributed by atoms with van der Waals surface area (Å²) in [5, 5.41) is 41.0. The van der Waals surface area contributed by atoms with Crippen LogP contribution in [0.1, 0.15) is 11.1 Å². The third kappa shape index (κ3) is 7.69. The van der Waals surface area contributed by atoms with E-state index in [1.165, 1.54) is 0 Å². The van der Waals surface area contributed by atoms with Gasteiger partial charge in [0.25, 0.3) is 0 Å². The van der Waals surface area contributed by atoms with Crippen molar-refractivity contribution in [1.82, 2.24) is 0 Å². The second-order valence-corrected chi connectivity index (χ2v) is 10.3. The molecule has 0 unspecified atom stereocenters. The fraction of sp³-hybridized carbons (Fsp3) is 0.133. The number of benzene rings is 4. The molecule has 49 heavy (non-hydrogen) atoms. The van der Waals surface area contributed by atoms with Gasteiger partial charge in [0.2, 0.25) is 11.5 Å². The number of ether oxygens (including phenoxy) is 3. The van der Waals surface area contributed by atoms with Crippen molar-refractivity contribution in [3.05, 3.63) is 102 Å². The lowest BCUT2D eigenvalue weighted by Gasteiger charge is -2.20. The van der Waals surface area contributed by atoms with E-state index < -0.39 is 102 Å². The van der Waals surface area contributed by atoms with Crippen molar-refractivity contribution in [2.24, 2.45) is 0 Å². The zero-order chi connectivity index (χ0) is 36.3. The molecule has 0 saturated heterocycles. The van der Waals surface area contributed by atoms with Crippen LogP contribution in [-0.2, 0) is 12.4 Å². The predicted octanol–water partition coefficient (Wildman–Crippen LogP) is 9.78. The molecule has 0 aliphatic rings. The monoisotopic (exact) mass is 726 g/mol. The van der Waals surface area contributed by atoms with Gasteiger partial charge in [0.1, 0.15) is 23.6 Å². The molecule has 19 heteroatoms. The van der Waals surface area contributed by atoms with E-state index >= 15 is 0 Å². The first-order valence-corrected chi connectivity index (χ1v) is 13.8. The molecule has 0 heterocycles. The maximum atomic E-state index is 13.4. The Balaban J connectivity index is 2.09. The minimum atomic E-state index is -4.85. The Kier molecular flexibility index (Phi) is 10.4. The normalized spacial score (nSPS) is 11.3. The van der Waals surface area contributed by atoms with Crippen molar-refractivity contribution in [2.45, 2.75) is 12.4 Å². The van der Waals surface area contributed by atoms with E-state index in [-0.39, 0.29) is 11.1 Å². The van der Waals surface area contributed by atoms with Crippen LogP contribution in [0.5, 0.6) is 23.0 Å². The number of rotatable bonds is 10. The standard InChI is InChI=1S/C30H14Cl2F6N4O7/c31-19-13-15(29(33,34)35)1-3-17(19)25-23(7-5-21(41(43)44)27(25)47-11-9-39)49-24-8-6-22(42(45)46)28(48-12-10-40)26(24)18-4-2-16(14-20(18)32)30(36,37)38/h1-8,13-14H,11-12H2. The van der Waals surface area contributed by atoms with Gasteiger partial charge in [0, 0.05) is 33.3 Å². The lowest BCUT2D eigenvalue weighted by Crippen LogP contribution is -2.06. The molecule has 0 aliphatic carbocycles. The highest BCUT2D eigenvalue weighted by molar-refractivity contribution is 6.34. The number of hydrogen-bond donors (Lipinski definition) is 0. The number of alkyl halides is 6. The van der Waals surface area contributed by atoms with Crippen LogP contribution in [0.2, 0.25) is 10.0 Å². The lowest BCUT2D eigenvalue weighted by atomic mass is 9.99. The maximum Gasteiger partial charge on any atom is 0.416 e. The van der Waals surface area contributed by atoms with Crippen LogP contribution in [0.15, 0.2) is 60.7 Å². The Morgan fingerprint density at radius 3 is 1.31 bits per heavy atom. The quantitative estimate of drug-likeness (QED) is 0.0879. The molecule has 0 atom stereocenters. The van der Waals surface area contributed by atoms with Crippen LogP contribution in [0.4, 0.5) is 37.7 Å². The summed E-state index contributed by atoms with van der Waals surface area (Å²) in [6, 6.07) is 10.8. The number of nitro groups is 2. The molecule has 4 aromatic carbocycles. The zero-order valence-electron chi connectivity index (χ0n) is 23.9. The van der Waals surface area contributed by atoms with Gasteiger partial charge in [-0.3, -0.25) is 20.2 Å². The van der Waals surface area contributed by atoms with E-state index in [1.54, 1.807) is 12.1 Å². The van der Waals surface area contributed by atoms with Crippen LogP contribution in [0.25, 0.3) is 22.3 Å². The van der Waals surface area contributed by atoms with Crippen LogP contribution in [-0.4, -0.2) is 23.1 Å². The molecule has 0 aliphatic heterocycles. The summed E-state index contributed by atoms with van der Waals surface area (Å²) >= 11 is 12.5. The predicted molar refractivity (Wildman–Crippen MR) is 159 cm³/mol. The van der Waals surface area contributed by atoms with Gasteiger partial charge >= 0.3 is 23.7 Å². The Labute approximate surface area is 280 Å². The molecule has 0 saturated carbocycles. The summed E-state index contributed by atoms with van der Waals surface area (Å²) in [5.41, 5.74) is -5.49. The van der Waals surface area contributed by atoms with Gasteiger partial charge in [-0.15, -0.1) is 0 Å². The van der Waals surface area contributed by atoms with Crippen LogP contribution in [0, 0.1) is 42.9 Å². The van der Waals surface area contributed by atoms with E-state index in [0.717, 1.165) is 36.4 Å². The van der Waals surface area contributed by atoms with E-state index in [4.69, 9.17) is 47.9 Å². The number of halogens is 8. The van der Waals surface area contributed by atoms with Crippen LogP contribution >= 0.6 is 23.2 Å². The molecule has 4 rings (SSSR count). The summed E-state index contributed by atoms with van der Waals surface area (Å²) in [6.07, 6.45) is -9.70. The van der Waals surface area contributed by atoms with Crippen LogP contribution in [0.3, 0.4) is 0 Å². The molecular formula is C30H14Cl2F6N4O7. The van der Waals surface area contributed by atoms with Gasteiger partial charge in [-0.2, -0.15) is 36.9 Å². The first-order valence-electron chi connectivity index (χ1n) is 13.0. The molecule has 0 spiro atoms. The largest absolute Gasteiger partial charge is 0.471 e. The SMILES string of the molecule is N#CCOc1c([N+](=O)[O-])ccc(Oc2ccc([N+](=O)[O-])c(OCC#N)c2-c2ccc(C(F)(F)F)cc2Cl)c1-c1ccc(C(F)(F)F)cc1Cl. The van der Waals surface area contributed by atoms with Crippen molar-refractivity contribution < 1.29 is 50.4 Å². The smallest absolute Gasteiger partial charge is 0.416 e. The third-order valence-corrected chi connectivity index (χ3v) is 7.13. The lowest BCUT2D eigenvalue weighted by molar-refractivity contribution is -0.385. The Morgan fingerprint density at radius 2 is 1.02 bits per heavy atom. The first kappa shape index (κ1) is 36.1. The van der Waals surface area contributed by atoms with E-state index in [2.05, 4.69) is 0 Å². The summed E-state index contributed by atoms with van der Waals surface area (Å²) in [5.74, 6) is -2.26. The van der Waals surface area contributed by atoms with Crippen molar-refractivity contribution in [3.63, 3.8) is 0 Å². The fourth-order valence-electron chi connectivity index (χ4n) is 4.48. The minimum Gasteiger partial charge on any atom is -0.471 e. The van der Waals surface area contributed by atoms with Gasteiger partial charge < -0.3 is 14.2 Å². The molecule has 11 nitrogen and oxygen atoms in total. The molecule has 0 bridgehead atoms. The highest BCUT2D eigenvalue weighted by atomic mass is 35.5. The second kappa shape index (κ2) is 14.1.